The molecule has 1 N–H and O–H groups in total. The number of rotatable bonds is 3. The lowest BCUT2D eigenvalue weighted by Crippen LogP contribution is -2.25. The second kappa shape index (κ2) is 5.49. The van der Waals surface area contributed by atoms with Gasteiger partial charge in [0.05, 0.1) is 5.02 Å². The Balaban J connectivity index is 2.81. The average molecular weight is 310 g/mol. The number of amides is 1. The van der Waals surface area contributed by atoms with Crippen LogP contribution in [0.5, 0.6) is 0 Å². The second-order valence-corrected chi connectivity index (χ2v) is 4.58. The van der Waals surface area contributed by atoms with Crippen LogP contribution in [0.25, 0.3) is 0 Å². The van der Waals surface area contributed by atoms with Gasteiger partial charge in [-0.25, -0.2) is 4.98 Å². The molecule has 0 atom stereocenters. The minimum atomic E-state index is -0.386. The van der Waals surface area contributed by atoms with Crippen LogP contribution in [-0.2, 0) is 0 Å². The zero-order chi connectivity index (χ0) is 11.4. The Morgan fingerprint density at radius 1 is 1.53 bits per heavy atom. The summed E-state index contributed by atoms with van der Waals surface area (Å²) >= 11 is 14.6. The molecule has 0 bridgehead atoms. The standard InChI is InChI=1S/C9H7BrCl2N2O/c1-5(10)4-13-9(15)8-6(11)2-3-7(12)14-8/h2-3H,1,4H2,(H,13,15). The van der Waals surface area contributed by atoms with Gasteiger partial charge in [0.25, 0.3) is 5.91 Å². The molecule has 1 rings (SSSR count). The van der Waals surface area contributed by atoms with Crippen molar-refractivity contribution in [2.75, 3.05) is 6.54 Å². The van der Waals surface area contributed by atoms with Gasteiger partial charge < -0.3 is 5.32 Å². The van der Waals surface area contributed by atoms with E-state index in [4.69, 9.17) is 23.2 Å². The van der Waals surface area contributed by atoms with Gasteiger partial charge in [-0.05, 0) is 12.1 Å². The molecule has 0 saturated heterocycles. The van der Waals surface area contributed by atoms with Crippen molar-refractivity contribution < 1.29 is 4.79 Å². The van der Waals surface area contributed by atoms with E-state index in [1.807, 2.05) is 0 Å². The zero-order valence-corrected chi connectivity index (χ0v) is 10.7. The lowest BCUT2D eigenvalue weighted by Gasteiger charge is -2.04. The van der Waals surface area contributed by atoms with E-state index in [2.05, 4.69) is 32.8 Å². The largest absolute Gasteiger partial charge is 0.346 e. The van der Waals surface area contributed by atoms with Gasteiger partial charge in [-0.3, -0.25) is 4.79 Å². The summed E-state index contributed by atoms with van der Waals surface area (Å²) in [5, 5.41) is 3.06. The average Bonchev–Trinajstić information content (AvgIpc) is 2.18. The van der Waals surface area contributed by atoms with Crippen molar-refractivity contribution in [2.45, 2.75) is 0 Å². The van der Waals surface area contributed by atoms with E-state index in [0.717, 1.165) is 0 Å². The van der Waals surface area contributed by atoms with Crippen molar-refractivity contribution >= 4 is 45.0 Å². The van der Waals surface area contributed by atoms with Crippen LogP contribution in [0, 0.1) is 0 Å². The third-order valence-electron chi connectivity index (χ3n) is 1.47. The van der Waals surface area contributed by atoms with E-state index in [-0.39, 0.29) is 21.8 Å². The van der Waals surface area contributed by atoms with Crippen LogP contribution in [-0.4, -0.2) is 17.4 Å². The smallest absolute Gasteiger partial charge is 0.271 e. The first-order valence-electron chi connectivity index (χ1n) is 3.94. The summed E-state index contributed by atoms with van der Waals surface area (Å²) < 4.78 is 0.661. The number of aromatic nitrogens is 1. The van der Waals surface area contributed by atoms with E-state index in [1.165, 1.54) is 12.1 Å². The summed E-state index contributed by atoms with van der Waals surface area (Å²) in [6.45, 7) is 3.89. The number of hydrogen-bond acceptors (Lipinski definition) is 2. The van der Waals surface area contributed by atoms with Gasteiger partial charge in [-0.15, -0.1) is 0 Å². The molecule has 3 nitrogen and oxygen atoms in total. The van der Waals surface area contributed by atoms with Crippen LogP contribution < -0.4 is 5.32 Å². The van der Waals surface area contributed by atoms with Crippen molar-refractivity contribution in [1.82, 2.24) is 10.3 Å². The van der Waals surface area contributed by atoms with Crippen molar-refractivity contribution in [3.05, 3.63) is 39.1 Å². The third kappa shape index (κ3) is 3.81. The summed E-state index contributed by atoms with van der Waals surface area (Å²) in [4.78, 5) is 15.4. The molecule has 0 aromatic carbocycles. The second-order valence-electron chi connectivity index (χ2n) is 2.66. The van der Waals surface area contributed by atoms with Gasteiger partial charge in [0.15, 0.2) is 0 Å². The summed E-state index contributed by atoms with van der Waals surface area (Å²) in [6.07, 6.45) is 0. The van der Waals surface area contributed by atoms with E-state index in [1.54, 1.807) is 0 Å². The normalized spacial score (nSPS) is 9.80. The molecule has 0 radical (unpaired) electrons. The van der Waals surface area contributed by atoms with Crippen LogP contribution in [0.1, 0.15) is 10.5 Å². The molecule has 15 heavy (non-hydrogen) atoms. The van der Waals surface area contributed by atoms with Crippen LogP contribution in [0.2, 0.25) is 10.2 Å². The molecule has 6 heteroatoms. The Morgan fingerprint density at radius 3 is 2.80 bits per heavy atom. The summed E-state index contributed by atoms with van der Waals surface area (Å²) in [5.41, 5.74) is 0.109. The zero-order valence-electron chi connectivity index (χ0n) is 7.56. The molecule has 0 aliphatic rings. The van der Waals surface area contributed by atoms with Gasteiger partial charge in [-0.1, -0.05) is 45.7 Å². The van der Waals surface area contributed by atoms with Crippen LogP contribution in [0.4, 0.5) is 0 Å². The SMILES string of the molecule is C=C(Br)CNC(=O)c1nc(Cl)ccc1Cl. The first-order chi connectivity index (χ1) is 7.00. The molecule has 1 aromatic heterocycles. The highest BCUT2D eigenvalue weighted by molar-refractivity contribution is 9.11. The number of hydrogen-bond donors (Lipinski definition) is 1. The maximum absolute atomic E-state index is 11.5. The first-order valence-corrected chi connectivity index (χ1v) is 5.49. The number of pyridine rings is 1. The van der Waals surface area contributed by atoms with E-state index in [9.17, 15) is 4.79 Å². The van der Waals surface area contributed by atoms with Gasteiger partial charge in [0.2, 0.25) is 0 Å². The van der Waals surface area contributed by atoms with Crippen molar-refractivity contribution in [3.63, 3.8) is 0 Å². The van der Waals surface area contributed by atoms with E-state index < -0.39 is 0 Å². The van der Waals surface area contributed by atoms with Crippen molar-refractivity contribution in [3.8, 4) is 0 Å². The maximum Gasteiger partial charge on any atom is 0.271 e. The lowest BCUT2D eigenvalue weighted by molar-refractivity contribution is 0.0953. The summed E-state index contributed by atoms with van der Waals surface area (Å²) in [7, 11) is 0. The molecule has 0 spiro atoms. The van der Waals surface area contributed by atoms with Crippen LogP contribution in [0.3, 0.4) is 0 Å². The lowest BCUT2D eigenvalue weighted by atomic mass is 10.3. The minimum absolute atomic E-state index is 0.109. The number of carbonyl (C=O) groups excluding carboxylic acids is 1. The molecule has 0 saturated carbocycles. The van der Waals surface area contributed by atoms with Gasteiger partial charge in [0.1, 0.15) is 10.8 Å². The van der Waals surface area contributed by atoms with Crippen LogP contribution in [0.15, 0.2) is 23.2 Å². The molecule has 0 unspecified atom stereocenters. The Hall–Kier alpha value is -0.580. The predicted molar refractivity (Wildman–Crippen MR) is 64.7 cm³/mol. The molecule has 80 valence electrons. The Labute approximate surface area is 106 Å². The molecule has 1 aromatic rings. The fourth-order valence-electron chi connectivity index (χ4n) is 0.837. The Bertz CT molecular complexity index is 409. The monoisotopic (exact) mass is 308 g/mol. The number of nitrogens with one attached hydrogen (secondary N) is 1. The molecule has 0 aliphatic heterocycles. The number of carbonyl (C=O) groups is 1. The van der Waals surface area contributed by atoms with E-state index in [0.29, 0.717) is 11.0 Å². The predicted octanol–water partition coefficient (Wildman–Crippen LogP) is 3.03. The molecule has 1 heterocycles. The quantitative estimate of drug-likeness (QED) is 0.872. The molecule has 1 amide bonds. The highest BCUT2D eigenvalue weighted by Crippen LogP contribution is 2.16. The van der Waals surface area contributed by atoms with Gasteiger partial charge in [-0.2, -0.15) is 0 Å². The van der Waals surface area contributed by atoms with Crippen molar-refractivity contribution in [2.24, 2.45) is 0 Å². The van der Waals surface area contributed by atoms with Crippen LogP contribution >= 0.6 is 39.1 Å². The topological polar surface area (TPSA) is 42.0 Å². The van der Waals surface area contributed by atoms with E-state index >= 15 is 0 Å². The third-order valence-corrected chi connectivity index (χ3v) is 2.26. The highest BCUT2D eigenvalue weighted by atomic mass is 79.9. The maximum atomic E-state index is 11.5. The summed E-state index contributed by atoms with van der Waals surface area (Å²) in [5.74, 6) is -0.386. The Kier molecular flexibility index (Phi) is 4.57. The van der Waals surface area contributed by atoms with Gasteiger partial charge in [0, 0.05) is 11.0 Å². The van der Waals surface area contributed by atoms with Crippen molar-refractivity contribution in [1.29, 1.82) is 0 Å². The Morgan fingerprint density at radius 2 is 2.20 bits per heavy atom. The molecular weight excluding hydrogens is 303 g/mol. The van der Waals surface area contributed by atoms with Gasteiger partial charge >= 0.3 is 0 Å². The highest BCUT2D eigenvalue weighted by Gasteiger charge is 2.12. The first kappa shape index (κ1) is 12.5. The minimum Gasteiger partial charge on any atom is -0.346 e. The number of nitrogens with zero attached hydrogens (tertiary/aromatic N) is 1. The molecular formula is C9H7BrCl2N2O. The fraction of sp³-hybridized carbons (Fsp3) is 0.111. The molecule has 0 fully saturated rings. The summed E-state index contributed by atoms with van der Waals surface area (Å²) in [6, 6.07) is 3.04. The fourth-order valence-corrected chi connectivity index (χ4v) is 1.32. The number of halogens is 3. The molecule has 0 aliphatic carbocycles.